The molecule has 0 bridgehead atoms. The van der Waals surface area contributed by atoms with Crippen LogP contribution >= 0.6 is 22.6 Å². The fraction of sp³-hybridized carbons (Fsp3) is 0.438. The minimum absolute atomic E-state index is 0.124. The summed E-state index contributed by atoms with van der Waals surface area (Å²) in [5, 5.41) is 12.7. The Morgan fingerprint density at radius 1 is 1.38 bits per heavy atom. The van der Waals surface area contributed by atoms with E-state index in [9.17, 15) is 9.90 Å². The average molecular weight is 403 g/mol. The number of alkyl carbamates (subject to hydrolysis) is 1. The van der Waals surface area contributed by atoms with Crippen molar-refractivity contribution in [3.63, 3.8) is 0 Å². The molecule has 0 saturated heterocycles. The Balaban J connectivity index is 2.77. The van der Waals surface area contributed by atoms with Gasteiger partial charge in [0, 0.05) is 3.57 Å². The van der Waals surface area contributed by atoms with E-state index in [4.69, 9.17) is 4.74 Å². The second kappa shape index (κ2) is 7.68. The summed E-state index contributed by atoms with van der Waals surface area (Å²) in [5.74, 6) is 0.124. The molecule has 1 aromatic rings. The number of amides is 1. The third-order valence-corrected chi connectivity index (χ3v) is 3.42. The van der Waals surface area contributed by atoms with Crippen LogP contribution in [0.1, 0.15) is 33.3 Å². The molecular formula is C16H22INO3. The lowest BCUT2D eigenvalue weighted by molar-refractivity contribution is 0.0501. The Morgan fingerprint density at radius 3 is 2.43 bits per heavy atom. The molecule has 0 aromatic heterocycles. The maximum Gasteiger partial charge on any atom is 0.408 e. The van der Waals surface area contributed by atoms with Gasteiger partial charge in [-0.2, -0.15) is 0 Å². The Labute approximate surface area is 139 Å². The highest BCUT2D eigenvalue weighted by Gasteiger charge is 2.21. The van der Waals surface area contributed by atoms with Crippen molar-refractivity contribution in [3.05, 3.63) is 45.2 Å². The van der Waals surface area contributed by atoms with E-state index in [1.807, 2.05) is 24.3 Å². The predicted octanol–water partition coefficient (Wildman–Crippen LogP) is 4.19. The van der Waals surface area contributed by atoms with Crippen LogP contribution < -0.4 is 5.32 Å². The topological polar surface area (TPSA) is 58.6 Å². The number of carbonyl (C=O) groups is 1. The number of hydrogen-bond donors (Lipinski definition) is 2. The monoisotopic (exact) mass is 403 g/mol. The van der Waals surface area contributed by atoms with E-state index >= 15 is 0 Å². The van der Waals surface area contributed by atoms with Gasteiger partial charge in [0.25, 0.3) is 0 Å². The number of benzene rings is 1. The number of aliphatic hydroxyl groups is 1. The predicted molar refractivity (Wildman–Crippen MR) is 92.4 cm³/mol. The maximum absolute atomic E-state index is 11.9. The number of carbonyl (C=O) groups excluding carboxylic acids is 1. The van der Waals surface area contributed by atoms with Gasteiger partial charge in [-0.05, 0) is 80.5 Å². The number of aliphatic hydroxyl groups excluding tert-OH is 1. The molecule has 0 aliphatic heterocycles. The number of rotatable bonds is 4. The van der Waals surface area contributed by atoms with E-state index in [2.05, 4.69) is 27.9 Å². The summed E-state index contributed by atoms with van der Waals surface area (Å²) in [4.78, 5) is 11.9. The molecule has 0 heterocycles. The largest absolute Gasteiger partial charge is 0.510 e. The molecule has 1 rings (SSSR count). The van der Waals surface area contributed by atoms with Gasteiger partial charge in [0.15, 0.2) is 0 Å². The van der Waals surface area contributed by atoms with E-state index in [-0.39, 0.29) is 5.76 Å². The summed E-state index contributed by atoms with van der Waals surface area (Å²) in [5.41, 5.74) is 0.466. The Morgan fingerprint density at radius 2 is 1.95 bits per heavy atom. The highest BCUT2D eigenvalue weighted by Crippen LogP contribution is 2.13. The van der Waals surface area contributed by atoms with E-state index in [0.29, 0.717) is 6.42 Å². The summed E-state index contributed by atoms with van der Waals surface area (Å²) in [7, 11) is 0. The fourth-order valence-corrected chi connectivity index (χ4v) is 2.10. The zero-order valence-electron chi connectivity index (χ0n) is 12.8. The average Bonchev–Trinajstić information content (AvgIpc) is 2.37. The first kappa shape index (κ1) is 17.8. The second-order valence-electron chi connectivity index (χ2n) is 5.74. The third-order valence-electron chi connectivity index (χ3n) is 2.70. The van der Waals surface area contributed by atoms with Gasteiger partial charge in [-0.3, -0.25) is 0 Å². The number of nitrogens with one attached hydrogen (secondary N) is 1. The van der Waals surface area contributed by atoms with Gasteiger partial charge in [-0.1, -0.05) is 12.1 Å². The molecule has 1 aromatic carbocycles. The summed E-state index contributed by atoms with van der Waals surface area (Å²) >= 11 is 2.24. The van der Waals surface area contributed by atoms with Crippen molar-refractivity contribution in [2.75, 3.05) is 0 Å². The van der Waals surface area contributed by atoms with E-state index in [1.54, 1.807) is 33.8 Å². The molecule has 21 heavy (non-hydrogen) atoms. The minimum atomic E-state index is -0.566. The van der Waals surface area contributed by atoms with Gasteiger partial charge in [-0.25, -0.2) is 4.79 Å². The van der Waals surface area contributed by atoms with Crippen LogP contribution in [0.5, 0.6) is 0 Å². The maximum atomic E-state index is 11.9. The van der Waals surface area contributed by atoms with Crippen molar-refractivity contribution in [1.29, 1.82) is 0 Å². The molecule has 0 saturated carbocycles. The summed E-state index contributed by atoms with van der Waals surface area (Å²) in [6, 6.07) is 7.45. The first-order valence-corrected chi connectivity index (χ1v) is 7.88. The molecule has 0 spiro atoms. The molecule has 2 N–H and O–H groups in total. The highest BCUT2D eigenvalue weighted by molar-refractivity contribution is 14.1. The highest BCUT2D eigenvalue weighted by atomic mass is 127. The Kier molecular flexibility index (Phi) is 6.51. The molecule has 1 amide bonds. The normalized spacial score (nSPS) is 13.7. The van der Waals surface area contributed by atoms with Crippen molar-refractivity contribution in [2.45, 2.75) is 45.8 Å². The molecule has 0 aliphatic rings. The standard InChI is InChI=1S/C16H22INO3/c1-5-14(19)13(18-15(20)21-16(2,3)4)10-11-6-8-12(17)9-7-11/h5-9,13,19H,10H2,1-4H3,(H,18,20)/t13-/m0/s1. The van der Waals surface area contributed by atoms with E-state index < -0.39 is 17.7 Å². The van der Waals surface area contributed by atoms with Crippen LogP contribution in [0, 0.1) is 3.57 Å². The number of hydrogen-bond acceptors (Lipinski definition) is 3. The van der Waals surface area contributed by atoms with Crippen LogP contribution in [-0.2, 0) is 11.2 Å². The molecule has 0 radical (unpaired) electrons. The Hall–Kier alpha value is -1.24. The molecule has 116 valence electrons. The minimum Gasteiger partial charge on any atom is -0.510 e. The first-order chi connectivity index (χ1) is 9.71. The summed E-state index contributed by atoms with van der Waals surface area (Å²) in [6.45, 7) is 7.13. The SMILES string of the molecule is CC=C(O)[C@H](Cc1ccc(I)cc1)NC(=O)OC(C)(C)C. The van der Waals surface area contributed by atoms with Gasteiger partial charge >= 0.3 is 6.09 Å². The molecule has 4 nitrogen and oxygen atoms in total. The lowest BCUT2D eigenvalue weighted by Gasteiger charge is -2.23. The summed E-state index contributed by atoms with van der Waals surface area (Å²) in [6.07, 6.45) is 1.55. The fourth-order valence-electron chi connectivity index (χ4n) is 1.74. The smallest absolute Gasteiger partial charge is 0.408 e. The second-order valence-corrected chi connectivity index (χ2v) is 6.99. The van der Waals surface area contributed by atoms with Gasteiger partial charge in [0.1, 0.15) is 11.4 Å². The molecular weight excluding hydrogens is 381 g/mol. The lowest BCUT2D eigenvalue weighted by atomic mass is 10.0. The van der Waals surface area contributed by atoms with Crippen LogP contribution in [0.2, 0.25) is 0 Å². The van der Waals surface area contributed by atoms with Gasteiger partial charge in [0.05, 0.1) is 6.04 Å². The van der Waals surface area contributed by atoms with Crippen molar-refractivity contribution in [1.82, 2.24) is 5.32 Å². The van der Waals surface area contributed by atoms with Crippen LogP contribution in [0.15, 0.2) is 36.1 Å². The van der Waals surface area contributed by atoms with Gasteiger partial charge in [-0.15, -0.1) is 0 Å². The van der Waals surface area contributed by atoms with Crippen LogP contribution in [-0.4, -0.2) is 22.8 Å². The zero-order chi connectivity index (χ0) is 16.0. The molecule has 1 atom stereocenters. The first-order valence-electron chi connectivity index (χ1n) is 6.80. The van der Waals surface area contributed by atoms with E-state index in [0.717, 1.165) is 9.13 Å². The lowest BCUT2D eigenvalue weighted by Crippen LogP contribution is -2.41. The molecule has 0 fully saturated rings. The van der Waals surface area contributed by atoms with Crippen LogP contribution in [0.4, 0.5) is 4.79 Å². The van der Waals surface area contributed by atoms with Crippen LogP contribution in [0.3, 0.4) is 0 Å². The van der Waals surface area contributed by atoms with Crippen molar-refractivity contribution in [2.24, 2.45) is 0 Å². The molecule has 0 unspecified atom stereocenters. The third kappa shape index (κ3) is 6.84. The van der Waals surface area contributed by atoms with Crippen LogP contribution in [0.25, 0.3) is 0 Å². The van der Waals surface area contributed by atoms with Gasteiger partial charge in [0.2, 0.25) is 0 Å². The molecule has 0 aliphatic carbocycles. The number of allylic oxidation sites excluding steroid dienone is 1. The summed E-state index contributed by atoms with van der Waals surface area (Å²) < 4.78 is 6.37. The van der Waals surface area contributed by atoms with Crippen molar-refractivity contribution >= 4 is 28.7 Å². The number of ether oxygens (including phenoxy) is 1. The zero-order valence-corrected chi connectivity index (χ0v) is 15.0. The van der Waals surface area contributed by atoms with Crippen molar-refractivity contribution < 1.29 is 14.6 Å². The van der Waals surface area contributed by atoms with Gasteiger partial charge < -0.3 is 15.2 Å². The Bertz CT molecular complexity index is 503. The number of halogens is 1. The quantitative estimate of drug-likeness (QED) is 0.586. The van der Waals surface area contributed by atoms with Crippen molar-refractivity contribution in [3.8, 4) is 0 Å². The molecule has 5 heteroatoms. The van der Waals surface area contributed by atoms with E-state index in [1.165, 1.54) is 0 Å².